The van der Waals surface area contributed by atoms with Gasteiger partial charge in [0, 0.05) is 25.3 Å². The van der Waals surface area contributed by atoms with Crippen molar-refractivity contribution < 1.29 is 13.2 Å². The van der Waals surface area contributed by atoms with Gasteiger partial charge in [0.2, 0.25) is 10.0 Å². The number of nitrogens with zero attached hydrogens (tertiary/aromatic N) is 2. The van der Waals surface area contributed by atoms with Crippen molar-refractivity contribution in [1.82, 2.24) is 9.29 Å². The number of rotatable bonds is 5. The van der Waals surface area contributed by atoms with Crippen LogP contribution in [0.1, 0.15) is 20.8 Å². The minimum absolute atomic E-state index is 0.229. The van der Waals surface area contributed by atoms with E-state index >= 15 is 0 Å². The van der Waals surface area contributed by atoms with Crippen LogP contribution < -0.4 is 5.32 Å². The second-order valence-corrected chi connectivity index (χ2v) is 7.51. The molecule has 1 saturated heterocycles. The number of aromatic nitrogens is 1. The predicted molar refractivity (Wildman–Crippen MR) is 81.7 cm³/mol. The zero-order valence-electron chi connectivity index (χ0n) is 12.7. The molecule has 7 heteroatoms. The Kier molecular flexibility index (Phi) is 5.18. The van der Waals surface area contributed by atoms with Crippen molar-refractivity contribution in [2.24, 2.45) is 5.92 Å². The van der Waals surface area contributed by atoms with Gasteiger partial charge in [-0.2, -0.15) is 4.31 Å². The van der Waals surface area contributed by atoms with E-state index in [1.165, 1.54) is 10.5 Å². The smallest absolute Gasteiger partial charge is 0.244 e. The number of hydrogen-bond donors (Lipinski definition) is 1. The molecule has 0 amide bonds. The van der Waals surface area contributed by atoms with Gasteiger partial charge in [-0.05, 0) is 25.0 Å². The Hall–Kier alpha value is -1.18. The summed E-state index contributed by atoms with van der Waals surface area (Å²) in [5, 5.41) is 3.26. The Bertz CT molecular complexity index is 551. The molecule has 1 aliphatic rings. The predicted octanol–water partition coefficient (Wildman–Crippen LogP) is 1.56. The Morgan fingerprint density at radius 2 is 1.90 bits per heavy atom. The number of pyridine rings is 1. The molecule has 6 nitrogen and oxygen atoms in total. The third-order valence-electron chi connectivity index (χ3n) is 3.72. The summed E-state index contributed by atoms with van der Waals surface area (Å²) in [7, 11) is -3.46. The van der Waals surface area contributed by atoms with Crippen molar-refractivity contribution >= 4 is 15.8 Å². The molecule has 0 aliphatic carbocycles. The first-order valence-corrected chi connectivity index (χ1v) is 8.66. The molecule has 118 valence electrons. The lowest BCUT2D eigenvalue weighted by molar-refractivity contribution is 0.0730. The van der Waals surface area contributed by atoms with Gasteiger partial charge >= 0.3 is 0 Å². The van der Waals surface area contributed by atoms with Crippen LogP contribution in [0.5, 0.6) is 0 Å². The maximum atomic E-state index is 12.4. The topological polar surface area (TPSA) is 71.5 Å². The molecular formula is C14H23N3O3S. The van der Waals surface area contributed by atoms with Crippen LogP contribution in [-0.2, 0) is 14.8 Å². The van der Waals surface area contributed by atoms with Gasteiger partial charge in [-0.1, -0.05) is 13.8 Å². The summed E-state index contributed by atoms with van der Waals surface area (Å²) in [6, 6.07) is 3.60. The highest BCUT2D eigenvalue weighted by Gasteiger charge is 2.26. The molecule has 0 radical (unpaired) electrons. The van der Waals surface area contributed by atoms with E-state index in [2.05, 4.69) is 31.1 Å². The molecule has 1 N–H and O–H groups in total. The van der Waals surface area contributed by atoms with Crippen LogP contribution in [0.15, 0.2) is 23.2 Å². The van der Waals surface area contributed by atoms with Crippen molar-refractivity contribution in [2.75, 3.05) is 31.6 Å². The molecule has 1 aromatic rings. The Labute approximate surface area is 126 Å². The fourth-order valence-electron chi connectivity index (χ4n) is 1.95. The lowest BCUT2D eigenvalue weighted by Crippen LogP contribution is -2.40. The summed E-state index contributed by atoms with van der Waals surface area (Å²) < 4.78 is 31.5. The summed E-state index contributed by atoms with van der Waals surface area (Å²) in [4.78, 5) is 4.44. The number of sulfonamides is 1. The first-order valence-electron chi connectivity index (χ1n) is 7.22. The van der Waals surface area contributed by atoms with Crippen LogP contribution in [0.25, 0.3) is 0 Å². The SMILES string of the molecule is CC(C)C(C)Nc1ccc(S(=O)(=O)N2CCOCC2)cn1. The largest absolute Gasteiger partial charge is 0.379 e. The summed E-state index contributed by atoms with van der Waals surface area (Å²) in [6.45, 7) is 7.99. The monoisotopic (exact) mass is 313 g/mol. The molecular weight excluding hydrogens is 290 g/mol. The zero-order chi connectivity index (χ0) is 15.5. The number of anilines is 1. The molecule has 1 fully saturated rings. The van der Waals surface area contributed by atoms with Crippen LogP contribution in [0, 0.1) is 5.92 Å². The highest BCUT2D eigenvalue weighted by molar-refractivity contribution is 7.89. The second kappa shape index (κ2) is 6.72. The van der Waals surface area contributed by atoms with Crippen LogP contribution >= 0.6 is 0 Å². The minimum atomic E-state index is -3.46. The van der Waals surface area contributed by atoms with E-state index in [4.69, 9.17) is 4.74 Å². The lowest BCUT2D eigenvalue weighted by Gasteiger charge is -2.26. The van der Waals surface area contributed by atoms with Gasteiger partial charge in [-0.25, -0.2) is 13.4 Å². The van der Waals surface area contributed by atoms with E-state index in [1.807, 2.05) is 0 Å². The van der Waals surface area contributed by atoms with Crippen molar-refractivity contribution in [3.8, 4) is 0 Å². The number of morpholine rings is 1. The Balaban J connectivity index is 2.10. The fraction of sp³-hybridized carbons (Fsp3) is 0.643. The quantitative estimate of drug-likeness (QED) is 0.893. The summed E-state index contributed by atoms with van der Waals surface area (Å²) in [5.41, 5.74) is 0. The summed E-state index contributed by atoms with van der Waals surface area (Å²) >= 11 is 0. The summed E-state index contributed by atoms with van der Waals surface area (Å²) in [5.74, 6) is 1.17. The third kappa shape index (κ3) is 3.93. The van der Waals surface area contributed by atoms with E-state index in [9.17, 15) is 8.42 Å². The standard InChI is InChI=1S/C14H23N3O3S/c1-11(2)12(3)16-14-5-4-13(10-15-14)21(18,19)17-6-8-20-9-7-17/h4-5,10-12H,6-9H2,1-3H3,(H,15,16). The molecule has 0 spiro atoms. The molecule has 2 heterocycles. The van der Waals surface area contributed by atoms with Gasteiger partial charge in [-0.15, -0.1) is 0 Å². The van der Waals surface area contributed by atoms with E-state index in [-0.39, 0.29) is 10.9 Å². The van der Waals surface area contributed by atoms with Crippen molar-refractivity contribution in [3.05, 3.63) is 18.3 Å². The highest BCUT2D eigenvalue weighted by Crippen LogP contribution is 2.18. The van der Waals surface area contributed by atoms with Gasteiger partial charge < -0.3 is 10.1 Å². The Morgan fingerprint density at radius 3 is 2.43 bits per heavy atom. The normalized spacial score (nSPS) is 18.7. The third-order valence-corrected chi connectivity index (χ3v) is 5.60. The van der Waals surface area contributed by atoms with E-state index in [0.717, 1.165) is 0 Å². The van der Waals surface area contributed by atoms with Crippen molar-refractivity contribution in [3.63, 3.8) is 0 Å². The van der Waals surface area contributed by atoms with Crippen LogP contribution in [0.4, 0.5) is 5.82 Å². The van der Waals surface area contributed by atoms with Gasteiger partial charge in [0.25, 0.3) is 0 Å². The van der Waals surface area contributed by atoms with Crippen molar-refractivity contribution in [1.29, 1.82) is 0 Å². The first kappa shape index (κ1) is 16.2. The highest BCUT2D eigenvalue weighted by atomic mass is 32.2. The lowest BCUT2D eigenvalue weighted by atomic mass is 10.1. The number of hydrogen-bond acceptors (Lipinski definition) is 5. The molecule has 0 bridgehead atoms. The molecule has 21 heavy (non-hydrogen) atoms. The van der Waals surface area contributed by atoms with Crippen LogP contribution in [0.3, 0.4) is 0 Å². The fourth-order valence-corrected chi connectivity index (χ4v) is 3.31. The molecule has 1 atom stereocenters. The molecule has 0 saturated carbocycles. The molecule has 1 unspecified atom stereocenters. The van der Waals surface area contributed by atoms with Crippen molar-refractivity contribution in [2.45, 2.75) is 31.7 Å². The second-order valence-electron chi connectivity index (χ2n) is 5.57. The van der Waals surface area contributed by atoms with E-state index in [1.54, 1.807) is 12.1 Å². The average Bonchev–Trinajstić information content (AvgIpc) is 2.48. The van der Waals surface area contributed by atoms with Gasteiger partial charge in [0.15, 0.2) is 0 Å². The Morgan fingerprint density at radius 1 is 1.24 bits per heavy atom. The maximum Gasteiger partial charge on any atom is 0.244 e. The molecule has 2 rings (SSSR count). The molecule has 1 aliphatic heterocycles. The number of nitrogens with one attached hydrogen (secondary N) is 1. The molecule has 1 aromatic heterocycles. The van der Waals surface area contributed by atoms with Gasteiger partial charge in [0.1, 0.15) is 10.7 Å². The van der Waals surface area contributed by atoms with Gasteiger partial charge in [-0.3, -0.25) is 0 Å². The molecule has 0 aromatic carbocycles. The van der Waals surface area contributed by atoms with E-state index < -0.39 is 10.0 Å². The average molecular weight is 313 g/mol. The van der Waals surface area contributed by atoms with Gasteiger partial charge in [0.05, 0.1) is 13.2 Å². The number of ether oxygens (including phenoxy) is 1. The van der Waals surface area contributed by atoms with Crippen LogP contribution in [-0.4, -0.2) is 50.1 Å². The summed E-state index contributed by atoms with van der Waals surface area (Å²) in [6.07, 6.45) is 1.42. The zero-order valence-corrected chi connectivity index (χ0v) is 13.6. The first-order chi connectivity index (χ1) is 9.91. The minimum Gasteiger partial charge on any atom is -0.379 e. The van der Waals surface area contributed by atoms with E-state index in [0.29, 0.717) is 38.0 Å². The van der Waals surface area contributed by atoms with Crippen LogP contribution in [0.2, 0.25) is 0 Å². The maximum absolute atomic E-state index is 12.4.